The molecule has 0 atom stereocenters. The molecule has 3 rings (SSSR count). The van der Waals surface area contributed by atoms with Gasteiger partial charge in [0, 0.05) is 17.0 Å². The van der Waals surface area contributed by atoms with Gasteiger partial charge in [0.15, 0.2) is 5.11 Å². The number of hydrogen-bond acceptors (Lipinski definition) is 5. The van der Waals surface area contributed by atoms with E-state index in [1.54, 1.807) is 7.11 Å². The number of rotatable bonds is 6. The van der Waals surface area contributed by atoms with Crippen molar-refractivity contribution in [2.75, 3.05) is 19.5 Å². The standard InChI is InChI=1S/C22H22N2O3S2/c1-14-18(16-7-5-4-6-8-16)19(21(25)27-3)20(29-14)24-22(28)23-13-15-9-11-17(26-2)12-10-15/h4-12H,13H2,1-3H3,(H2,23,24,28). The normalized spacial score (nSPS) is 10.3. The van der Waals surface area contributed by atoms with E-state index in [0.717, 1.165) is 27.3 Å². The molecule has 0 spiro atoms. The van der Waals surface area contributed by atoms with Crippen LogP contribution in [-0.2, 0) is 11.3 Å². The minimum Gasteiger partial charge on any atom is -0.497 e. The zero-order valence-corrected chi connectivity index (χ0v) is 18.1. The van der Waals surface area contributed by atoms with Crippen molar-refractivity contribution >= 4 is 39.6 Å². The zero-order chi connectivity index (χ0) is 20.8. The van der Waals surface area contributed by atoms with Crippen molar-refractivity contribution in [2.24, 2.45) is 0 Å². The summed E-state index contributed by atoms with van der Waals surface area (Å²) in [6.07, 6.45) is 0. The molecule has 29 heavy (non-hydrogen) atoms. The van der Waals surface area contributed by atoms with Gasteiger partial charge in [0.25, 0.3) is 0 Å². The summed E-state index contributed by atoms with van der Waals surface area (Å²) >= 11 is 6.92. The van der Waals surface area contributed by atoms with Crippen LogP contribution in [0.1, 0.15) is 20.8 Å². The molecule has 0 fully saturated rings. The first-order chi connectivity index (χ1) is 14.0. The lowest BCUT2D eigenvalue weighted by Crippen LogP contribution is -2.28. The molecule has 2 N–H and O–H groups in total. The maximum atomic E-state index is 12.5. The molecular weight excluding hydrogens is 404 g/mol. The molecule has 2 aromatic carbocycles. The molecule has 5 nitrogen and oxygen atoms in total. The molecule has 0 bridgehead atoms. The highest BCUT2D eigenvalue weighted by atomic mass is 32.1. The molecule has 0 saturated carbocycles. The largest absolute Gasteiger partial charge is 0.497 e. The Morgan fingerprint density at radius 1 is 1.07 bits per heavy atom. The van der Waals surface area contributed by atoms with E-state index in [4.69, 9.17) is 21.7 Å². The second kappa shape index (κ2) is 9.54. The third-order valence-corrected chi connectivity index (χ3v) is 5.64. The van der Waals surface area contributed by atoms with Gasteiger partial charge in [0.2, 0.25) is 0 Å². The molecule has 0 amide bonds. The van der Waals surface area contributed by atoms with E-state index in [2.05, 4.69) is 10.6 Å². The summed E-state index contributed by atoms with van der Waals surface area (Å²) in [4.78, 5) is 13.5. The van der Waals surface area contributed by atoms with Gasteiger partial charge in [-0.2, -0.15) is 0 Å². The monoisotopic (exact) mass is 426 g/mol. The number of ether oxygens (including phenoxy) is 2. The van der Waals surface area contributed by atoms with E-state index in [1.807, 2.05) is 61.5 Å². The van der Waals surface area contributed by atoms with E-state index >= 15 is 0 Å². The Bertz CT molecular complexity index is 999. The summed E-state index contributed by atoms with van der Waals surface area (Å²) in [5, 5.41) is 7.44. The number of hydrogen-bond donors (Lipinski definition) is 2. The summed E-state index contributed by atoms with van der Waals surface area (Å²) in [6, 6.07) is 17.5. The molecule has 150 valence electrons. The summed E-state index contributed by atoms with van der Waals surface area (Å²) < 4.78 is 10.2. The molecule has 0 saturated heterocycles. The van der Waals surface area contributed by atoms with E-state index < -0.39 is 5.97 Å². The van der Waals surface area contributed by atoms with Crippen molar-refractivity contribution in [1.29, 1.82) is 0 Å². The highest BCUT2D eigenvalue weighted by Crippen LogP contribution is 2.40. The van der Waals surface area contributed by atoms with Crippen LogP contribution in [0.3, 0.4) is 0 Å². The number of benzene rings is 2. The number of esters is 1. The van der Waals surface area contributed by atoms with Crippen molar-refractivity contribution in [3.8, 4) is 16.9 Å². The molecule has 1 aromatic heterocycles. The Morgan fingerprint density at radius 2 is 1.76 bits per heavy atom. The third-order valence-electron chi connectivity index (χ3n) is 4.38. The predicted octanol–water partition coefficient (Wildman–Crippen LogP) is 5.01. The van der Waals surface area contributed by atoms with Gasteiger partial charge in [-0.3, -0.25) is 0 Å². The Balaban J connectivity index is 1.79. The van der Waals surface area contributed by atoms with E-state index in [9.17, 15) is 4.79 Å². The second-order valence-electron chi connectivity index (χ2n) is 6.25. The first kappa shape index (κ1) is 20.8. The lowest BCUT2D eigenvalue weighted by atomic mass is 10.0. The zero-order valence-electron chi connectivity index (χ0n) is 16.4. The Hall–Kier alpha value is -2.90. The van der Waals surface area contributed by atoms with Gasteiger partial charge in [-0.15, -0.1) is 11.3 Å². The van der Waals surface area contributed by atoms with Crippen LogP contribution in [0.15, 0.2) is 54.6 Å². The van der Waals surface area contributed by atoms with E-state index in [-0.39, 0.29) is 0 Å². The summed E-state index contributed by atoms with van der Waals surface area (Å²) in [5.74, 6) is 0.410. The maximum Gasteiger partial charge on any atom is 0.341 e. The van der Waals surface area contributed by atoms with Crippen LogP contribution in [0, 0.1) is 6.92 Å². The first-order valence-electron chi connectivity index (χ1n) is 8.98. The maximum absolute atomic E-state index is 12.5. The number of anilines is 1. The number of aryl methyl sites for hydroxylation is 1. The van der Waals surface area contributed by atoms with Crippen LogP contribution in [-0.4, -0.2) is 25.3 Å². The fourth-order valence-corrected chi connectivity index (χ4v) is 4.26. The summed E-state index contributed by atoms with van der Waals surface area (Å²) in [7, 11) is 3.02. The number of thiocarbonyl (C=S) groups is 1. The fourth-order valence-electron chi connectivity index (χ4n) is 2.96. The van der Waals surface area contributed by atoms with Gasteiger partial charge in [-0.25, -0.2) is 4.79 Å². The SMILES string of the molecule is COC(=O)c1c(NC(=S)NCc2ccc(OC)cc2)sc(C)c1-c1ccccc1. The van der Waals surface area contributed by atoms with Gasteiger partial charge >= 0.3 is 5.97 Å². The topological polar surface area (TPSA) is 59.6 Å². The molecule has 0 radical (unpaired) electrons. The number of carbonyl (C=O) groups is 1. The van der Waals surface area contributed by atoms with Crippen molar-refractivity contribution in [3.05, 3.63) is 70.6 Å². The highest BCUT2D eigenvalue weighted by Gasteiger charge is 2.24. The minimum atomic E-state index is -0.395. The van der Waals surface area contributed by atoms with Gasteiger partial charge in [-0.05, 0) is 42.4 Å². The smallest absolute Gasteiger partial charge is 0.341 e. The lowest BCUT2D eigenvalue weighted by Gasteiger charge is -2.11. The number of methoxy groups -OCH3 is 2. The Morgan fingerprint density at radius 3 is 2.38 bits per heavy atom. The van der Waals surface area contributed by atoms with Gasteiger partial charge < -0.3 is 20.1 Å². The van der Waals surface area contributed by atoms with Gasteiger partial charge in [-0.1, -0.05) is 42.5 Å². The van der Waals surface area contributed by atoms with Crippen molar-refractivity contribution < 1.29 is 14.3 Å². The molecule has 0 unspecified atom stereocenters. The molecule has 0 aliphatic carbocycles. The van der Waals surface area contributed by atoms with Gasteiger partial charge in [0.05, 0.1) is 14.2 Å². The second-order valence-corrected chi connectivity index (χ2v) is 7.88. The molecular formula is C22H22N2O3S2. The average Bonchev–Trinajstić information content (AvgIpc) is 3.08. The fraction of sp³-hybridized carbons (Fsp3) is 0.182. The summed E-state index contributed by atoms with van der Waals surface area (Å²) in [5.41, 5.74) is 3.39. The molecule has 3 aromatic rings. The van der Waals surface area contributed by atoms with Crippen LogP contribution in [0.2, 0.25) is 0 Å². The quantitative estimate of drug-likeness (QED) is 0.427. The van der Waals surface area contributed by atoms with E-state index in [0.29, 0.717) is 22.2 Å². The van der Waals surface area contributed by atoms with Crippen LogP contribution in [0.25, 0.3) is 11.1 Å². The van der Waals surface area contributed by atoms with Crippen molar-refractivity contribution in [2.45, 2.75) is 13.5 Å². The summed E-state index contributed by atoms with van der Waals surface area (Å²) in [6.45, 7) is 2.54. The molecule has 0 aliphatic heterocycles. The highest BCUT2D eigenvalue weighted by molar-refractivity contribution is 7.80. The van der Waals surface area contributed by atoms with Crippen LogP contribution < -0.4 is 15.4 Å². The molecule has 7 heteroatoms. The Kier molecular flexibility index (Phi) is 6.85. The van der Waals surface area contributed by atoms with Crippen LogP contribution in [0.4, 0.5) is 5.00 Å². The Labute approximate surface area is 179 Å². The predicted molar refractivity (Wildman–Crippen MR) is 122 cm³/mol. The molecule has 0 aliphatic rings. The van der Waals surface area contributed by atoms with E-state index in [1.165, 1.54) is 18.4 Å². The number of thiophene rings is 1. The van der Waals surface area contributed by atoms with Crippen LogP contribution in [0.5, 0.6) is 5.75 Å². The van der Waals surface area contributed by atoms with Gasteiger partial charge in [0.1, 0.15) is 16.3 Å². The minimum absolute atomic E-state index is 0.395. The lowest BCUT2D eigenvalue weighted by molar-refractivity contribution is 0.0603. The molecule has 1 heterocycles. The van der Waals surface area contributed by atoms with Crippen molar-refractivity contribution in [3.63, 3.8) is 0 Å². The van der Waals surface area contributed by atoms with Crippen molar-refractivity contribution in [1.82, 2.24) is 5.32 Å². The number of carbonyl (C=O) groups excluding carboxylic acids is 1. The van der Waals surface area contributed by atoms with Crippen LogP contribution >= 0.6 is 23.6 Å². The number of nitrogens with one attached hydrogen (secondary N) is 2. The first-order valence-corrected chi connectivity index (χ1v) is 10.2. The average molecular weight is 427 g/mol. The third kappa shape index (κ3) is 4.93.